The molecule has 5 nitrogen and oxygen atoms in total. The fraction of sp³-hybridized carbons (Fsp3) is 0.105. The number of thiazole rings is 2. The van der Waals surface area contributed by atoms with E-state index in [-0.39, 0.29) is 5.91 Å². The first-order valence-electron chi connectivity index (χ1n) is 7.98. The highest BCUT2D eigenvalue weighted by atomic mass is 32.1. The molecule has 4 aromatic rings. The maximum Gasteiger partial charge on any atom is 0.257 e. The normalized spacial score (nSPS) is 10.8. The van der Waals surface area contributed by atoms with Crippen LogP contribution >= 0.6 is 22.7 Å². The van der Waals surface area contributed by atoms with Gasteiger partial charge in [-0.15, -0.1) is 11.3 Å². The predicted octanol–water partition coefficient (Wildman–Crippen LogP) is 4.89. The number of amides is 1. The minimum absolute atomic E-state index is 0.209. The zero-order chi connectivity index (χ0) is 17.9. The first-order chi connectivity index (χ1) is 12.7. The van der Waals surface area contributed by atoms with E-state index in [1.807, 2.05) is 42.6 Å². The summed E-state index contributed by atoms with van der Waals surface area (Å²) < 4.78 is 6.79. The van der Waals surface area contributed by atoms with E-state index in [9.17, 15) is 4.79 Å². The number of anilines is 1. The third-order valence-corrected chi connectivity index (χ3v) is 5.44. The molecular weight excluding hydrogens is 366 g/mol. The number of carbonyl (C=O) groups is 1. The second-order valence-electron chi connectivity index (χ2n) is 5.62. The fourth-order valence-electron chi connectivity index (χ4n) is 2.45. The van der Waals surface area contributed by atoms with E-state index < -0.39 is 0 Å². The van der Waals surface area contributed by atoms with E-state index in [2.05, 4.69) is 15.3 Å². The van der Waals surface area contributed by atoms with E-state index >= 15 is 0 Å². The number of aryl methyl sites for hydroxylation is 1. The van der Waals surface area contributed by atoms with E-state index in [1.165, 1.54) is 11.3 Å². The molecule has 1 amide bonds. The van der Waals surface area contributed by atoms with E-state index in [4.69, 9.17) is 4.74 Å². The smallest absolute Gasteiger partial charge is 0.257 e. The van der Waals surface area contributed by atoms with Crippen LogP contribution in [-0.4, -0.2) is 15.9 Å². The fourth-order valence-corrected chi connectivity index (χ4v) is 3.91. The summed E-state index contributed by atoms with van der Waals surface area (Å²) in [5.41, 5.74) is 2.29. The zero-order valence-electron chi connectivity index (χ0n) is 13.9. The van der Waals surface area contributed by atoms with Gasteiger partial charge in [0.15, 0.2) is 5.13 Å². The highest BCUT2D eigenvalue weighted by Crippen LogP contribution is 2.26. The van der Waals surface area contributed by atoms with Gasteiger partial charge in [-0.1, -0.05) is 29.5 Å². The first-order valence-corrected chi connectivity index (χ1v) is 9.68. The largest absolute Gasteiger partial charge is 0.487 e. The highest BCUT2D eigenvalue weighted by molar-refractivity contribution is 7.22. The van der Waals surface area contributed by atoms with E-state index in [1.54, 1.807) is 29.5 Å². The number of benzene rings is 2. The predicted molar refractivity (Wildman–Crippen MR) is 105 cm³/mol. The number of rotatable bonds is 5. The Morgan fingerprint density at radius 1 is 1.15 bits per heavy atom. The lowest BCUT2D eigenvalue weighted by Gasteiger charge is -2.06. The Balaban J connectivity index is 1.45. The lowest BCUT2D eigenvalue weighted by atomic mass is 10.2. The van der Waals surface area contributed by atoms with Crippen LogP contribution in [0.5, 0.6) is 5.75 Å². The van der Waals surface area contributed by atoms with Crippen molar-refractivity contribution < 1.29 is 9.53 Å². The summed E-state index contributed by atoms with van der Waals surface area (Å²) in [6, 6.07) is 14.9. The number of fused-ring (bicyclic) bond motifs is 1. The van der Waals surface area contributed by atoms with Crippen molar-refractivity contribution in [2.24, 2.45) is 0 Å². The third-order valence-electron chi connectivity index (χ3n) is 3.66. The molecule has 0 saturated heterocycles. The molecule has 0 spiro atoms. The van der Waals surface area contributed by atoms with Crippen molar-refractivity contribution in [3.8, 4) is 5.75 Å². The zero-order valence-corrected chi connectivity index (χ0v) is 15.6. The summed E-state index contributed by atoms with van der Waals surface area (Å²) in [5, 5.41) is 6.42. The number of para-hydroxylation sites is 1. The molecule has 0 atom stereocenters. The molecule has 4 rings (SSSR count). The van der Waals surface area contributed by atoms with Crippen molar-refractivity contribution in [1.82, 2.24) is 9.97 Å². The van der Waals surface area contributed by atoms with Gasteiger partial charge in [-0.25, -0.2) is 9.97 Å². The molecular formula is C19H15N3O2S2. The SMILES string of the molecule is Cc1nc(COc2cccc(C(=O)Nc3nc4ccccc4s3)c2)cs1. The van der Waals surface area contributed by atoms with Gasteiger partial charge in [0.05, 0.1) is 20.9 Å². The molecule has 0 radical (unpaired) electrons. The minimum Gasteiger partial charge on any atom is -0.487 e. The molecule has 7 heteroatoms. The van der Waals surface area contributed by atoms with Crippen LogP contribution in [0.1, 0.15) is 21.1 Å². The van der Waals surface area contributed by atoms with Gasteiger partial charge in [0.1, 0.15) is 12.4 Å². The lowest BCUT2D eigenvalue weighted by Crippen LogP contribution is -2.11. The molecule has 2 aromatic heterocycles. The van der Waals surface area contributed by atoms with E-state index in [0.29, 0.717) is 23.1 Å². The maximum atomic E-state index is 12.5. The molecule has 0 bridgehead atoms. The third kappa shape index (κ3) is 3.74. The van der Waals surface area contributed by atoms with Crippen molar-refractivity contribution >= 4 is 43.9 Å². The minimum atomic E-state index is -0.209. The Hall–Kier alpha value is -2.77. The van der Waals surface area contributed by atoms with Crippen molar-refractivity contribution in [3.05, 3.63) is 70.2 Å². The number of carbonyl (C=O) groups excluding carboxylic acids is 1. The summed E-state index contributed by atoms with van der Waals surface area (Å²) in [5.74, 6) is 0.423. The number of aromatic nitrogens is 2. The van der Waals surface area contributed by atoms with Gasteiger partial charge in [-0.3, -0.25) is 10.1 Å². The Kier molecular flexibility index (Phi) is 4.64. The molecule has 0 unspecified atom stereocenters. The second kappa shape index (κ2) is 7.23. The van der Waals surface area contributed by atoms with Gasteiger partial charge < -0.3 is 4.74 Å². The molecule has 1 N–H and O–H groups in total. The van der Waals surface area contributed by atoms with Gasteiger partial charge in [0, 0.05) is 10.9 Å². The quantitative estimate of drug-likeness (QED) is 0.534. The lowest BCUT2D eigenvalue weighted by molar-refractivity contribution is 0.102. The summed E-state index contributed by atoms with van der Waals surface area (Å²) in [6.45, 7) is 2.34. The molecule has 2 aromatic carbocycles. The molecule has 0 aliphatic carbocycles. The standard InChI is InChI=1S/C19H15N3O2S2/c1-12-20-14(11-25-12)10-24-15-6-4-5-13(9-15)18(23)22-19-21-16-7-2-3-8-17(16)26-19/h2-9,11H,10H2,1H3,(H,21,22,23). The number of ether oxygens (including phenoxy) is 1. The van der Waals surface area contributed by atoms with Gasteiger partial charge >= 0.3 is 0 Å². The highest BCUT2D eigenvalue weighted by Gasteiger charge is 2.11. The molecule has 26 heavy (non-hydrogen) atoms. The topological polar surface area (TPSA) is 64.1 Å². The first kappa shape index (κ1) is 16.7. The van der Waals surface area contributed by atoms with Crippen LogP contribution in [0.2, 0.25) is 0 Å². The van der Waals surface area contributed by atoms with Crippen molar-refractivity contribution in [2.45, 2.75) is 13.5 Å². The Morgan fingerprint density at radius 2 is 2.04 bits per heavy atom. The van der Waals surface area contributed by atoms with Crippen molar-refractivity contribution in [1.29, 1.82) is 0 Å². The molecule has 0 saturated carbocycles. The van der Waals surface area contributed by atoms with Gasteiger partial charge in [0.2, 0.25) is 0 Å². The maximum absolute atomic E-state index is 12.5. The van der Waals surface area contributed by atoms with Crippen LogP contribution in [0.4, 0.5) is 5.13 Å². The van der Waals surface area contributed by atoms with Gasteiger partial charge in [0.25, 0.3) is 5.91 Å². The molecule has 0 aliphatic heterocycles. The average molecular weight is 381 g/mol. The molecule has 2 heterocycles. The Morgan fingerprint density at radius 3 is 2.85 bits per heavy atom. The summed E-state index contributed by atoms with van der Waals surface area (Å²) in [4.78, 5) is 21.3. The average Bonchev–Trinajstić information content (AvgIpc) is 3.25. The number of nitrogens with one attached hydrogen (secondary N) is 1. The summed E-state index contributed by atoms with van der Waals surface area (Å²) in [7, 11) is 0. The number of nitrogens with zero attached hydrogens (tertiary/aromatic N) is 2. The van der Waals surface area contributed by atoms with Crippen LogP contribution in [0.25, 0.3) is 10.2 Å². The monoisotopic (exact) mass is 381 g/mol. The second-order valence-corrected chi connectivity index (χ2v) is 7.71. The van der Waals surface area contributed by atoms with E-state index in [0.717, 1.165) is 20.9 Å². The van der Waals surface area contributed by atoms with Crippen LogP contribution in [0, 0.1) is 6.92 Å². The van der Waals surface area contributed by atoms with Crippen LogP contribution in [0.15, 0.2) is 53.9 Å². The molecule has 0 aliphatic rings. The van der Waals surface area contributed by atoms with Crippen LogP contribution in [-0.2, 0) is 6.61 Å². The van der Waals surface area contributed by atoms with Crippen LogP contribution < -0.4 is 10.1 Å². The summed E-state index contributed by atoms with van der Waals surface area (Å²) >= 11 is 3.04. The molecule has 0 fully saturated rings. The van der Waals surface area contributed by atoms with Crippen molar-refractivity contribution in [2.75, 3.05) is 5.32 Å². The Bertz CT molecular complexity index is 1040. The number of hydrogen-bond donors (Lipinski definition) is 1. The molecule has 130 valence electrons. The van der Waals surface area contributed by atoms with Crippen molar-refractivity contribution in [3.63, 3.8) is 0 Å². The van der Waals surface area contributed by atoms with Gasteiger partial charge in [-0.2, -0.15) is 0 Å². The van der Waals surface area contributed by atoms with Crippen LogP contribution in [0.3, 0.4) is 0 Å². The number of hydrogen-bond acceptors (Lipinski definition) is 6. The summed E-state index contributed by atoms with van der Waals surface area (Å²) in [6.07, 6.45) is 0. The Labute approximate surface area is 158 Å². The van der Waals surface area contributed by atoms with Gasteiger partial charge in [-0.05, 0) is 37.3 Å².